The highest BCUT2D eigenvalue weighted by Gasteiger charge is 2.19. The third kappa shape index (κ3) is 3.61. The zero-order chi connectivity index (χ0) is 15.4. The third-order valence-corrected chi connectivity index (χ3v) is 3.89. The van der Waals surface area contributed by atoms with E-state index in [1.165, 1.54) is 12.1 Å². The van der Waals surface area contributed by atoms with Crippen molar-refractivity contribution in [2.45, 2.75) is 18.8 Å². The van der Waals surface area contributed by atoms with Gasteiger partial charge in [-0.15, -0.1) is 11.6 Å². The van der Waals surface area contributed by atoms with Crippen LogP contribution in [-0.4, -0.2) is 17.9 Å². The van der Waals surface area contributed by atoms with Crippen LogP contribution in [0.5, 0.6) is 0 Å². The number of benzene rings is 2. The van der Waals surface area contributed by atoms with Crippen molar-refractivity contribution in [1.82, 2.24) is 4.90 Å². The normalized spacial score (nSPS) is 12.0. The van der Waals surface area contributed by atoms with Crippen LogP contribution in [0.2, 0.25) is 0 Å². The van der Waals surface area contributed by atoms with Crippen LogP contribution in [0.25, 0.3) is 0 Å². The van der Waals surface area contributed by atoms with Crippen molar-refractivity contribution in [2.75, 3.05) is 7.05 Å². The number of nitrogens with zero attached hydrogens (tertiary/aromatic N) is 1. The van der Waals surface area contributed by atoms with Gasteiger partial charge in [0.1, 0.15) is 5.82 Å². The number of amides is 1. The molecule has 2 nitrogen and oxygen atoms in total. The van der Waals surface area contributed by atoms with Crippen LogP contribution < -0.4 is 0 Å². The van der Waals surface area contributed by atoms with Gasteiger partial charge in [0.25, 0.3) is 5.91 Å². The number of rotatable bonds is 4. The molecule has 1 atom stereocenters. The molecule has 0 saturated heterocycles. The maximum Gasteiger partial charge on any atom is 0.254 e. The van der Waals surface area contributed by atoms with E-state index in [0.29, 0.717) is 11.4 Å². The molecule has 0 bridgehead atoms. The van der Waals surface area contributed by atoms with Crippen LogP contribution in [-0.2, 0) is 5.88 Å². The summed E-state index contributed by atoms with van der Waals surface area (Å²) < 4.78 is 13.0. The number of halogens is 2. The first-order chi connectivity index (χ1) is 10.0. The van der Waals surface area contributed by atoms with E-state index in [4.69, 9.17) is 11.6 Å². The summed E-state index contributed by atoms with van der Waals surface area (Å²) in [6, 6.07) is 13.3. The summed E-state index contributed by atoms with van der Waals surface area (Å²) in [7, 11) is 1.74. The Bertz CT molecular complexity index is 627. The lowest BCUT2D eigenvalue weighted by molar-refractivity contribution is 0.0742. The molecule has 0 aliphatic carbocycles. The highest BCUT2D eigenvalue weighted by atomic mass is 35.5. The minimum Gasteiger partial charge on any atom is -0.335 e. The molecule has 0 spiro atoms. The molecular weight excluding hydrogens is 289 g/mol. The Labute approximate surface area is 129 Å². The van der Waals surface area contributed by atoms with Gasteiger partial charge in [-0.25, -0.2) is 4.39 Å². The summed E-state index contributed by atoms with van der Waals surface area (Å²) in [5.74, 6) is 0.00627. The minimum absolute atomic E-state index is 0.0845. The van der Waals surface area contributed by atoms with Crippen molar-refractivity contribution in [3.05, 3.63) is 71.0 Å². The Balaban J connectivity index is 2.19. The van der Waals surface area contributed by atoms with E-state index in [-0.39, 0.29) is 17.8 Å². The maximum atomic E-state index is 13.0. The smallest absolute Gasteiger partial charge is 0.254 e. The zero-order valence-corrected chi connectivity index (χ0v) is 12.8. The molecule has 0 fully saturated rings. The minimum atomic E-state index is -0.283. The van der Waals surface area contributed by atoms with E-state index < -0.39 is 0 Å². The van der Waals surface area contributed by atoms with Gasteiger partial charge in [-0.05, 0) is 42.3 Å². The van der Waals surface area contributed by atoms with Crippen LogP contribution in [0.15, 0.2) is 48.5 Å². The van der Waals surface area contributed by atoms with Gasteiger partial charge in [0.05, 0.1) is 6.04 Å². The lowest BCUT2D eigenvalue weighted by atomic mass is 10.1. The highest BCUT2D eigenvalue weighted by molar-refractivity contribution is 6.17. The molecule has 4 heteroatoms. The molecule has 2 rings (SSSR count). The predicted molar refractivity (Wildman–Crippen MR) is 82.9 cm³/mol. The molecule has 0 saturated carbocycles. The summed E-state index contributed by atoms with van der Waals surface area (Å²) in [4.78, 5) is 14.1. The van der Waals surface area contributed by atoms with Crippen LogP contribution in [0, 0.1) is 5.82 Å². The zero-order valence-electron chi connectivity index (χ0n) is 12.0. The van der Waals surface area contributed by atoms with Gasteiger partial charge in [-0.3, -0.25) is 4.79 Å². The van der Waals surface area contributed by atoms with E-state index in [9.17, 15) is 9.18 Å². The summed E-state index contributed by atoms with van der Waals surface area (Å²) in [6.07, 6.45) is 0. The Morgan fingerprint density at radius 3 is 2.52 bits per heavy atom. The third-order valence-electron chi connectivity index (χ3n) is 3.58. The van der Waals surface area contributed by atoms with Gasteiger partial charge in [0, 0.05) is 18.5 Å². The van der Waals surface area contributed by atoms with Gasteiger partial charge in [0.15, 0.2) is 0 Å². The molecule has 110 valence electrons. The van der Waals surface area contributed by atoms with E-state index in [0.717, 1.165) is 11.1 Å². The second-order valence-electron chi connectivity index (χ2n) is 4.98. The van der Waals surface area contributed by atoms with Crippen molar-refractivity contribution < 1.29 is 9.18 Å². The largest absolute Gasteiger partial charge is 0.335 e. The quantitative estimate of drug-likeness (QED) is 0.767. The van der Waals surface area contributed by atoms with Crippen molar-refractivity contribution >= 4 is 17.5 Å². The molecule has 0 aliphatic rings. The molecule has 0 N–H and O–H groups in total. The molecule has 0 radical (unpaired) electrons. The van der Waals surface area contributed by atoms with Gasteiger partial charge >= 0.3 is 0 Å². The maximum absolute atomic E-state index is 13.0. The van der Waals surface area contributed by atoms with Crippen molar-refractivity contribution in [2.24, 2.45) is 0 Å². The second kappa shape index (κ2) is 6.72. The molecule has 0 heterocycles. The molecule has 2 aromatic carbocycles. The van der Waals surface area contributed by atoms with Gasteiger partial charge in [-0.1, -0.05) is 24.3 Å². The monoisotopic (exact) mass is 305 g/mol. The molecule has 1 amide bonds. The van der Waals surface area contributed by atoms with E-state index in [1.54, 1.807) is 36.2 Å². The van der Waals surface area contributed by atoms with Gasteiger partial charge < -0.3 is 4.90 Å². The molecule has 2 aromatic rings. The van der Waals surface area contributed by atoms with Crippen molar-refractivity contribution in [1.29, 1.82) is 0 Å². The standard InChI is InChI=1S/C17H17ClFNO/c1-12(14-6-8-16(19)9-7-14)20(2)17(21)15-5-3-4-13(10-15)11-18/h3-10,12H,11H2,1-2H3. The predicted octanol–water partition coefficient (Wildman–Crippen LogP) is 4.40. The number of carbonyl (C=O) groups is 1. The van der Waals surface area contributed by atoms with Crippen LogP contribution in [0.3, 0.4) is 0 Å². The first-order valence-corrected chi connectivity index (χ1v) is 7.24. The van der Waals surface area contributed by atoms with Crippen molar-refractivity contribution in [3.8, 4) is 0 Å². The van der Waals surface area contributed by atoms with Crippen molar-refractivity contribution in [3.63, 3.8) is 0 Å². The highest BCUT2D eigenvalue weighted by Crippen LogP contribution is 2.21. The van der Waals surface area contributed by atoms with E-state index in [2.05, 4.69) is 0 Å². The second-order valence-corrected chi connectivity index (χ2v) is 5.24. The summed E-state index contributed by atoms with van der Waals surface area (Å²) in [6.45, 7) is 1.91. The lowest BCUT2D eigenvalue weighted by Gasteiger charge is -2.25. The van der Waals surface area contributed by atoms with Crippen LogP contribution in [0.4, 0.5) is 4.39 Å². The number of alkyl halides is 1. The van der Waals surface area contributed by atoms with Crippen LogP contribution in [0.1, 0.15) is 34.5 Å². The summed E-state index contributed by atoms with van der Waals surface area (Å²) >= 11 is 5.80. The fraction of sp³-hybridized carbons (Fsp3) is 0.235. The summed E-state index contributed by atoms with van der Waals surface area (Å²) in [5, 5.41) is 0. The molecule has 21 heavy (non-hydrogen) atoms. The van der Waals surface area contributed by atoms with E-state index >= 15 is 0 Å². The van der Waals surface area contributed by atoms with Gasteiger partial charge in [0.2, 0.25) is 0 Å². The molecule has 0 aliphatic heterocycles. The topological polar surface area (TPSA) is 20.3 Å². The average Bonchev–Trinajstić information content (AvgIpc) is 2.53. The van der Waals surface area contributed by atoms with Crippen LogP contribution >= 0.6 is 11.6 Å². The Morgan fingerprint density at radius 2 is 1.90 bits per heavy atom. The Kier molecular flexibility index (Phi) is 4.97. The first-order valence-electron chi connectivity index (χ1n) is 6.70. The first kappa shape index (κ1) is 15.5. The van der Waals surface area contributed by atoms with Gasteiger partial charge in [-0.2, -0.15) is 0 Å². The Morgan fingerprint density at radius 1 is 1.24 bits per heavy atom. The average molecular weight is 306 g/mol. The lowest BCUT2D eigenvalue weighted by Crippen LogP contribution is -2.29. The number of hydrogen-bond donors (Lipinski definition) is 0. The number of carbonyl (C=O) groups excluding carboxylic acids is 1. The summed E-state index contributed by atoms with van der Waals surface area (Å²) in [5.41, 5.74) is 2.40. The fourth-order valence-electron chi connectivity index (χ4n) is 2.13. The van der Waals surface area contributed by atoms with E-state index in [1.807, 2.05) is 19.1 Å². The molecule has 0 aromatic heterocycles. The SMILES string of the molecule is CC(c1ccc(F)cc1)N(C)C(=O)c1cccc(CCl)c1. The fourth-order valence-corrected chi connectivity index (χ4v) is 2.30. The number of hydrogen-bond acceptors (Lipinski definition) is 1. The Hall–Kier alpha value is -1.87. The molecular formula is C17H17ClFNO. The molecule has 1 unspecified atom stereocenters.